The van der Waals surface area contributed by atoms with Crippen molar-refractivity contribution in [2.75, 3.05) is 32.5 Å². The van der Waals surface area contributed by atoms with Gasteiger partial charge in [-0.15, -0.1) is 0 Å². The molecule has 3 amide bonds. The summed E-state index contributed by atoms with van der Waals surface area (Å²) in [7, 11) is 4.03. The molecule has 9 heteroatoms. The molecular formula is C25H31N5O4. The van der Waals surface area contributed by atoms with Gasteiger partial charge in [-0.25, -0.2) is 4.79 Å². The van der Waals surface area contributed by atoms with Crippen LogP contribution >= 0.6 is 0 Å². The fraction of sp³-hybridized carbons (Fsp3) is 0.400. The summed E-state index contributed by atoms with van der Waals surface area (Å²) in [6.07, 6.45) is 0.141. The average Bonchev–Trinajstić information content (AvgIpc) is 3.08. The fourth-order valence-corrected chi connectivity index (χ4v) is 4.62. The summed E-state index contributed by atoms with van der Waals surface area (Å²) in [6, 6.07) is 12.5. The molecule has 0 aliphatic carbocycles. The highest BCUT2D eigenvalue weighted by molar-refractivity contribution is 6.02. The van der Waals surface area contributed by atoms with Crippen molar-refractivity contribution < 1.29 is 19.0 Å². The number of carbonyl (C=O) groups excluding carboxylic acids is 3. The van der Waals surface area contributed by atoms with E-state index in [1.165, 1.54) is 5.56 Å². The zero-order valence-electron chi connectivity index (χ0n) is 19.6. The summed E-state index contributed by atoms with van der Waals surface area (Å²) in [5.74, 6) is -1.70. The van der Waals surface area contributed by atoms with Gasteiger partial charge in [0.05, 0.1) is 5.56 Å². The Balaban J connectivity index is 1.43. The minimum absolute atomic E-state index is 0.0641. The van der Waals surface area contributed by atoms with E-state index >= 15 is 0 Å². The summed E-state index contributed by atoms with van der Waals surface area (Å²) < 4.78 is -1.27. The first-order valence-electron chi connectivity index (χ1n) is 11.6. The molecule has 34 heavy (non-hydrogen) atoms. The molecule has 2 aliphatic rings. The number of fused-ring (bicyclic) bond motifs is 1. The van der Waals surface area contributed by atoms with Crippen LogP contribution in [0.2, 0.25) is 0 Å². The minimum atomic E-state index is -1.27. The zero-order chi connectivity index (χ0) is 24.3. The third-order valence-electron chi connectivity index (χ3n) is 6.56. The van der Waals surface area contributed by atoms with Crippen LogP contribution in [0.15, 0.2) is 42.5 Å². The molecule has 0 radical (unpaired) electrons. The SMILES string of the molecule is CNCCN(C)Cc1ccc(CNc2cccc3c2C[N+]([O-])(C2CCC(=O)NC2=O)C3=O)cc1. The van der Waals surface area contributed by atoms with Gasteiger partial charge in [0.1, 0.15) is 6.54 Å². The average molecular weight is 466 g/mol. The van der Waals surface area contributed by atoms with Crippen LogP contribution in [0.25, 0.3) is 0 Å². The number of rotatable bonds is 9. The maximum absolute atomic E-state index is 13.6. The largest absolute Gasteiger partial charge is 0.624 e. The number of anilines is 1. The van der Waals surface area contributed by atoms with Crippen molar-refractivity contribution in [2.24, 2.45) is 0 Å². The number of nitrogens with one attached hydrogen (secondary N) is 3. The van der Waals surface area contributed by atoms with Gasteiger partial charge < -0.3 is 20.7 Å². The molecule has 0 spiro atoms. The quantitative estimate of drug-likeness (QED) is 0.294. The van der Waals surface area contributed by atoms with E-state index in [2.05, 4.69) is 52.2 Å². The number of hydroxylamine groups is 3. The molecule has 0 saturated carbocycles. The molecule has 1 saturated heterocycles. The number of hydrogen-bond acceptors (Lipinski definition) is 7. The van der Waals surface area contributed by atoms with Crippen LogP contribution in [0.4, 0.5) is 5.69 Å². The maximum Gasteiger partial charge on any atom is 0.347 e. The molecule has 2 aromatic carbocycles. The van der Waals surface area contributed by atoms with Gasteiger partial charge >= 0.3 is 5.91 Å². The lowest BCUT2D eigenvalue weighted by Crippen LogP contribution is -2.60. The van der Waals surface area contributed by atoms with Crippen LogP contribution in [0.3, 0.4) is 0 Å². The van der Waals surface area contributed by atoms with Gasteiger partial charge in [-0.05, 0) is 37.4 Å². The number of quaternary nitrogens is 1. The van der Waals surface area contributed by atoms with Crippen LogP contribution in [0.5, 0.6) is 0 Å². The van der Waals surface area contributed by atoms with Crippen molar-refractivity contribution in [3.8, 4) is 0 Å². The van der Waals surface area contributed by atoms with Crippen LogP contribution in [0.1, 0.15) is 39.9 Å². The first-order valence-corrected chi connectivity index (χ1v) is 11.6. The molecule has 4 rings (SSSR count). The van der Waals surface area contributed by atoms with E-state index in [9.17, 15) is 19.6 Å². The number of likely N-dealkylation sites (N-methyl/N-ethyl adjacent to an activating group) is 2. The highest BCUT2D eigenvalue weighted by atomic mass is 16.6. The van der Waals surface area contributed by atoms with Gasteiger partial charge in [0.2, 0.25) is 5.91 Å². The molecule has 1 fully saturated rings. The third-order valence-corrected chi connectivity index (χ3v) is 6.56. The van der Waals surface area contributed by atoms with E-state index in [-0.39, 0.29) is 19.4 Å². The first kappa shape index (κ1) is 24.0. The second-order valence-electron chi connectivity index (χ2n) is 9.07. The molecule has 3 N–H and O–H groups in total. The Morgan fingerprint density at radius 2 is 1.85 bits per heavy atom. The van der Waals surface area contributed by atoms with Crippen LogP contribution < -0.4 is 16.0 Å². The standard InChI is InChI=1S/C25H31N5O4/c1-26-12-13-29(2)15-18-8-6-17(7-9-18)14-27-21-5-3-4-19-20(21)16-30(34,25(19)33)22-10-11-23(31)28-24(22)32/h3-9,22,26-27H,10-16H2,1-2H3,(H,28,31,32). The Labute approximate surface area is 199 Å². The molecule has 9 nitrogen and oxygen atoms in total. The van der Waals surface area contributed by atoms with Gasteiger partial charge in [0, 0.05) is 50.3 Å². The Hall–Kier alpha value is -3.11. The molecule has 0 aromatic heterocycles. The highest BCUT2D eigenvalue weighted by Gasteiger charge is 2.50. The Morgan fingerprint density at radius 3 is 2.56 bits per heavy atom. The molecule has 2 unspecified atom stereocenters. The number of nitrogens with zero attached hydrogens (tertiary/aromatic N) is 2. The molecular weight excluding hydrogens is 434 g/mol. The number of carbonyl (C=O) groups is 3. The fourth-order valence-electron chi connectivity index (χ4n) is 4.62. The van der Waals surface area contributed by atoms with Crippen molar-refractivity contribution in [3.05, 3.63) is 69.9 Å². The van der Waals surface area contributed by atoms with E-state index in [1.807, 2.05) is 13.1 Å². The summed E-state index contributed by atoms with van der Waals surface area (Å²) in [4.78, 5) is 39.1. The highest BCUT2D eigenvalue weighted by Crippen LogP contribution is 2.38. The monoisotopic (exact) mass is 465 g/mol. The van der Waals surface area contributed by atoms with E-state index in [0.717, 1.165) is 25.2 Å². The van der Waals surface area contributed by atoms with E-state index < -0.39 is 28.4 Å². The maximum atomic E-state index is 13.6. The van der Waals surface area contributed by atoms with E-state index in [0.29, 0.717) is 23.4 Å². The normalized spacial score (nSPS) is 22.1. The predicted octanol–water partition coefficient (Wildman–Crippen LogP) is 1.72. The second kappa shape index (κ2) is 10.0. The molecule has 2 aromatic rings. The molecule has 180 valence electrons. The number of benzene rings is 2. The van der Waals surface area contributed by atoms with Gasteiger partial charge in [-0.1, -0.05) is 30.3 Å². The number of piperidine rings is 1. The third kappa shape index (κ3) is 4.88. The smallest absolute Gasteiger partial charge is 0.347 e. The van der Waals surface area contributed by atoms with Gasteiger partial charge in [0.15, 0.2) is 6.04 Å². The van der Waals surface area contributed by atoms with Crippen molar-refractivity contribution in [2.45, 2.75) is 38.5 Å². The van der Waals surface area contributed by atoms with Crippen molar-refractivity contribution in [1.29, 1.82) is 0 Å². The van der Waals surface area contributed by atoms with Crippen molar-refractivity contribution in [3.63, 3.8) is 0 Å². The lowest BCUT2D eigenvalue weighted by atomic mass is 10.0. The lowest BCUT2D eigenvalue weighted by molar-refractivity contribution is -0.825. The van der Waals surface area contributed by atoms with E-state index in [1.54, 1.807) is 12.1 Å². The summed E-state index contributed by atoms with van der Waals surface area (Å²) in [6.45, 7) is 3.19. The summed E-state index contributed by atoms with van der Waals surface area (Å²) in [5, 5.41) is 22.3. The first-order chi connectivity index (χ1) is 16.3. The van der Waals surface area contributed by atoms with Gasteiger partial charge in [-0.3, -0.25) is 19.6 Å². The van der Waals surface area contributed by atoms with Crippen molar-refractivity contribution in [1.82, 2.24) is 15.5 Å². The lowest BCUT2D eigenvalue weighted by Gasteiger charge is -2.42. The predicted molar refractivity (Wildman–Crippen MR) is 128 cm³/mol. The van der Waals surface area contributed by atoms with Gasteiger partial charge in [0.25, 0.3) is 5.91 Å². The van der Waals surface area contributed by atoms with Crippen LogP contribution in [-0.4, -0.2) is 60.5 Å². The second-order valence-corrected chi connectivity index (χ2v) is 9.07. The Kier molecular flexibility index (Phi) is 7.08. The topological polar surface area (TPSA) is 114 Å². The Morgan fingerprint density at radius 1 is 1.12 bits per heavy atom. The molecule has 2 aliphatic heterocycles. The van der Waals surface area contributed by atoms with Crippen LogP contribution in [-0.2, 0) is 29.2 Å². The van der Waals surface area contributed by atoms with Crippen molar-refractivity contribution >= 4 is 23.4 Å². The molecule has 2 heterocycles. The number of imide groups is 1. The number of hydrogen-bond donors (Lipinski definition) is 3. The van der Waals surface area contributed by atoms with Gasteiger partial charge in [-0.2, -0.15) is 0 Å². The van der Waals surface area contributed by atoms with E-state index in [4.69, 9.17) is 0 Å². The summed E-state index contributed by atoms with van der Waals surface area (Å²) in [5.41, 5.74) is 3.98. The minimum Gasteiger partial charge on any atom is -0.624 e. The number of amides is 3. The molecule has 0 bridgehead atoms. The zero-order valence-corrected chi connectivity index (χ0v) is 19.6. The molecule has 2 atom stereocenters. The Bertz CT molecular complexity index is 1090. The van der Waals surface area contributed by atoms with Crippen LogP contribution in [0, 0.1) is 5.21 Å². The summed E-state index contributed by atoms with van der Waals surface area (Å²) >= 11 is 0.